The first kappa shape index (κ1) is 26.7. The highest BCUT2D eigenvalue weighted by atomic mass is 79.9. The number of hydrogen-bond acceptors (Lipinski definition) is 2. The number of nitrogens with one attached hydrogen (secondary N) is 1. The van der Waals surface area contributed by atoms with Gasteiger partial charge >= 0.3 is 6.18 Å². The van der Waals surface area contributed by atoms with Crippen LogP contribution in [-0.4, -0.2) is 24.9 Å². The van der Waals surface area contributed by atoms with E-state index in [4.69, 9.17) is 34.8 Å². The van der Waals surface area contributed by atoms with E-state index in [1.54, 1.807) is 6.92 Å². The number of rotatable bonds is 7. The maximum Gasteiger partial charge on any atom is 0.399 e. The lowest BCUT2D eigenvalue weighted by Crippen LogP contribution is -2.27. The van der Waals surface area contributed by atoms with E-state index in [0.29, 0.717) is 15.6 Å². The third-order valence-corrected chi connectivity index (χ3v) is 6.53. The van der Waals surface area contributed by atoms with E-state index < -0.39 is 18.0 Å². The minimum absolute atomic E-state index is 0.00168. The Kier molecular flexibility index (Phi) is 9.23. The van der Waals surface area contributed by atoms with Gasteiger partial charge in [-0.15, -0.1) is 0 Å². The van der Waals surface area contributed by atoms with Crippen LogP contribution in [0.1, 0.15) is 40.7 Å². The van der Waals surface area contributed by atoms with E-state index in [0.717, 1.165) is 18.2 Å². The van der Waals surface area contributed by atoms with E-state index in [1.807, 2.05) is 0 Å². The molecule has 2 atom stereocenters. The minimum atomic E-state index is -4.60. The first-order valence-electron chi connectivity index (χ1n) is 9.28. The number of alkyl halides is 3. The van der Waals surface area contributed by atoms with Crippen LogP contribution in [0.15, 0.2) is 40.9 Å². The number of allylic oxidation sites excluding steroid dienone is 1. The fraction of sp³-hybridized carbons (Fsp3) is 0.273. The fourth-order valence-electron chi connectivity index (χ4n) is 2.96. The van der Waals surface area contributed by atoms with Crippen molar-refractivity contribution < 1.29 is 22.8 Å². The van der Waals surface area contributed by atoms with Crippen LogP contribution in [0.4, 0.5) is 13.2 Å². The number of amides is 1. The molecule has 0 bridgehead atoms. The molecule has 0 heterocycles. The molecule has 0 aromatic heterocycles. The summed E-state index contributed by atoms with van der Waals surface area (Å²) in [5.74, 6) is -3.00. The third-order valence-electron chi connectivity index (χ3n) is 4.68. The fourth-order valence-corrected chi connectivity index (χ4v) is 4.19. The topological polar surface area (TPSA) is 46.2 Å². The molecule has 10 heteroatoms. The number of ketones is 1. The molecule has 1 amide bonds. The molecule has 3 nitrogen and oxygen atoms in total. The summed E-state index contributed by atoms with van der Waals surface area (Å²) in [4.78, 5) is 24.1. The quantitative estimate of drug-likeness (QED) is 0.273. The third kappa shape index (κ3) is 6.73. The summed E-state index contributed by atoms with van der Waals surface area (Å²) >= 11 is 20.9. The Balaban J connectivity index is 2.30. The highest BCUT2D eigenvalue weighted by Gasteiger charge is 2.39. The Labute approximate surface area is 207 Å². The molecule has 0 spiro atoms. The van der Waals surface area contributed by atoms with Gasteiger partial charge in [0.2, 0.25) is 5.91 Å². The smallest absolute Gasteiger partial charge is 0.359 e. The van der Waals surface area contributed by atoms with Crippen LogP contribution in [0.25, 0.3) is 6.08 Å². The summed E-state index contributed by atoms with van der Waals surface area (Å²) in [5.41, 5.74) is 0.622. The van der Waals surface area contributed by atoms with Gasteiger partial charge in [-0.05, 0) is 35.4 Å². The lowest BCUT2D eigenvalue weighted by Gasteiger charge is -2.18. The largest absolute Gasteiger partial charge is 0.399 e. The van der Waals surface area contributed by atoms with Crippen LogP contribution in [0.5, 0.6) is 0 Å². The SMILES string of the molecule is CNC(=O)C(C)CC(=O)c1ccc(/C=C/C(c2cc(Cl)c(Cl)c(Cl)c2)C(F)(F)F)cc1Br. The molecule has 0 aliphatic carbocycles. The van der Waals surface area contributed by atoms with Crippen molar-refractivity contribution in [2.45, 2.75) is 25.4 Å². The van der Waals surface area contributed by atoms with Gasteiger partial charge in [0.25, 0.3) is 0 Å². The number of Topliss-reactive ketones (excluding diaryl/α,β-unsaturated/α-hetero) is 1. The number of hydrogen-bond donors (Lipinski definition) is 1. The van der Waals surface area contributed by atoms with Crippen molar-refractivity contribution in [2.24, 2.45) is 5.92 Å². The van der Waals surface area contributed by atoms with E-state index >= 15 is 0 Å². The Morgan fingerprint density at radius 3 is 2.22 bits per heavy atom. The predicted octanol–water partition coefficient (Wildman–Crippen LogP) is 7.72. The normalized spacial score (nSPS) is 13.8. The van der Waals surface area contributed by atoms with Crippen molar-refractivity contribution in [3.05, 3.63) is 72.6 Å². The van der Waals surface area contributed by atoms with Crippen LogP contribution in [0.3, 0.4) is 0 Å². The maximum atomic E-state index is 13.7. The maximum absolute atomic E-state index is 13.7. The molecule has 0 saturated carbocycles. The zero-order chi connectivity index (χ0) is 24.2. The predicted molar refractivity (Wildman–Crippen MR) is 126 cm³/mol. The molecule has 2 unspecified atom stereocenters. The van der Waals surface area contributed by atoms with Crippen LogP contribution in [-0.2, 0) is 4.79 Å². The summed E-state index contributed by atoms with van der Waals surface area (Å²) in [5, 5.41) is 2.31. The van der Waals surface area contributed by atoms with Gasteiger partial charge < -0.3 is 5.32 Å². The van der Waals surface area contributed by atoms with Crippen LogP contribution in [0.2, 0.25) is 15.1 Å². The Morgan fingerprint density at radius 1 is 1.12 bits per heavy atom. The molecular weight excluding hydrogens is 554 g/mol. The first-order valence-corrected chi connectivity index (χ1v) is 11.2. The Bertz CT molecular complexity index is 1030. The lowest BCUT2D eigenvalue weighted by atomic mass is 9.96. The molecule has 0 saturated heterocycles. The number of carbonyl (C=O) groups excluding carboxylic acids is 2. The van der Waals surface area contributed by atoms with Gasteiger partial charge in [0.15, 0.2) is 5.78 Å². The molecule has 1 N–H and O–H groups in total. The summed E-state index contributed by atoms with van der Waals surface area (Å²) in [6.07, 6.45) is -2.32. The Hall–Kier alpha value is -1.54. The van der Waals surface area contributed by atoms with Gasteiger partial charge in [-0.1, -0.05) is 75.9 Å². The number of benzene rings is 2. The molecule has 2 rings (SSSR count). The van der Waals surface area contributed by atoms with Gasteiger partial charge in [-0.25, -0.2) is 0 Å². The van der Waals surface area contributed by atoms with E-state index in [-0.39, 0.29) is 38.7 Å². The van der Waals surface area contributed by atoms with Crippen molar-refractivity contribution in [3.63, 3.8) is 0 Å². The van der Waals surface area contributed by atoms with E-state index in [9.17, 15) is 22.8 Å². The molecule has 0 fully saturated rings. The summed E-state index contributed by atoms with van der Waals surface area (Å²) < 4.78 is 41.5. The summed E-state index contributed by atoms with van der Waals surface area (Å²) in [6, 6.07) is 6.81. The van der Waals surface area contributed by atoms with Gasteiger partial charge in [0, 0.05) is 29.4 Å². The van der Waals surface area contributed by atoms with Crippen LogP contribution in [0, 0.1) is 5.92 Å². The summed E-state index contributed by atoms with van der Waals surface area (Å²) in [6.45, 7) is 1.63. The van der Waals surface area contributed by atoms with E-state index in [2.05, 4.69) is 21.2 Å². The zero-order valence-corrected chi connectivity index (χ0v) is 20.7. The van der Waals surface area contributed by atoms with Gasteiger partial charge in [-0.2, -0.15) is 13.2 Å². The second-order valence-corrected chi connectivity index (χ2v) is 9.11. The zero-order valence-electron chi connectivity index (χ0n) is 16.9. The minimum Gasteiger partial charge on any atom is -0.359 e. The van der Waals surface area contributed by atoms with Crippen molar-refractivity contribution >= 4 is 68.5 Å². The number of carbonyl (C=O) groups is 2. The van der Waals surface area contributed by atoms with Crippen molar-refractivity contribution in [3.8, 4) is 0 Å². The standard InChI is InChI=1S/C22H18BrCl3F3NO2/c1-11(21(32)30-2)7-19(31)14-5-3-12(8-16(14)23)4-6-15(22(27,28)29)13-9-17(24)20(26)18(25)10-13/h3-6,8-11,15H,7H2,1-2H3,(H,30,32)/b6-4+. The van der Waals surface area contributed by atoms with Gasteiger partial charge in [0.1, 0.15) is 0 Å². The van der Waals surface area contributed by atoms with Crippen molar-refractivity contribution in [1.29, 1.82) is 0 Å². The molecule has 172 valence electrons. The van der Waals surface area contributed by atoms with Crippen LogP contribution < -0.4 is 5.32 Å². The monoisotopic (exact) mass is 569 g/mol. The Morgan fingerprint density at radius 2 is 1.72 bits per heavy atom. The molecular formula is C22H18BrCl3F3NO2. The van der Waals surface area contributed by atoms with Gasteiger partial charge in [0.05, 0.1) is 21.0 Å². The second kappa shape index (κ2) is 11.1. The lowest BCUT2D eigenvalue weighted by molar-refractivity contribution is -0.139. The molecule has 0 radical (unpaired) electrons. The number of halogens is 7. The molecule has 32 heavy (non-hydrogen) atoms. The molecule has 0 aliphatic rings. The molecule has 0 aliphatic heterocycles. The van der Waals surface area contributed by atoms with Crippen LogP contribution >= 0.6 is 50.7 Å². The average Bonchev–Trinajstić information content (AvgIpc) is 2.70. The van der Waals surface area contributed by atoms with Gasteiger partial charge in [-0.3, -0.25) is 9.59 Å². The molecule has 2 aromatic carbocycles. The highest BCUT2D eigenvalue weighted by Crippen LogP contribution is 2.41. The highest BCUT2D eigenvalue weighted by molar-refractivity contribution is 9.10. The van der Waals surface area contributed by atoms with Crippen molar-refractivity contribution in [2.75, 3.05) is 7.05 Å². The summed E-state index contributed by atoms with van der Waals surface area (Å²) in [7, 11) is 1.49. The molecule has 2 aromatic rings. The van der Waals surface area contributed by atoms with E-state index in [1.165, 1.54) is 31.3 Å². The first-order chi connectivity index (χ1) is 14.8. The second-order valence-electron chi connectivity index (χ2n) is 7.06. The van der Waals surface area contributed by atoms with Crippen molar-refractivity contribution in [1.82, 2.24) is 5.32 Å². The average molecular weight is 572 g/mol.